The van der Waals surface area contributed by atoms with Crippen LogP contribution in [-0.2, 0) is 0 Å². The Bertz CT molecular complexity index is 2810. The number of anilines is 3. The minimum absolute atomic E-state index is 0.884. The van der Waals surface area contributed by atoms with Crippen molar-refractivity contribution in [2.24, 2.45) is 0 Å². The van der Waals surface area contributed by atoms with Gasteiger partial charge in [-0.1, -0.05) is 103 Å². The topological polar surface area (TPSA) is 16.4 Å². The van der Waals surface area contributed by atoms with Crippen molar-refractivity contribution < 1.29 is 4.42 Å². The van der Waals surface area contributed by atoms with E-state index in [1.54, 1.807) is 0 Å². The molecule has 0 bridgehead atoms. The predicted octanol–water partition coefficient (Wildman–Crippen LogP) is 13.4. The van der Waals surface area contributed by atoms with Crippen LogP contribution in [0.25, 0.3) is 74.8 Å². The number of nitrogens with zero attached hydrogens (tertiary/aromatic N) is 1. The summed E-state index contributed by atoms with van der Waals surface area (Å²) in [5.74, 6) is 0. The number of rotatable bonds is 4. The number of furan rings is 1. The summed E-state index contributed by atoms with van der Waals surface area (Å²) in [6, 6.07) is 59.1. The second kappa shape index (κ2) is 10.3. The van der Waals surface area contributed by atoms with Crippen molar-refractivity contribution in [1.29, 1.82) is 0 Å². The van der Waals surface area contributed by atoms with Gasteiger partial charge in [0.15, 0.2) is 0 Å². The maximum Gasteiger partial charge on any atom is 0.137 e. The molecule has 0 amide bonds. The summed E-state index contributed by atoms with van der Waals surface area (Å²) in [6.45, 7) is 0. The Morgan fingerprint density at radius 1 is 0.383 bits per heavy atom. The van der Waals surface area contributed by atoms with Crippen molar-refractivity contribution >= 4 is 92.1 Å². The largest absolute Gasteiger partial charge is 0.456 e. The van der Waals surface area contributed by atoms with Crippen LogP contribution in [0.4, 0.5) is 17.1 Å². The van der Waals surface area contributed by atoms with Gasteiger partial charge < -0.3 is 9.32 Å². The Labute approximate surface area is 275 Å². The molecule has 0 spiro atoms. The third-order valence-electron chi connectivity index (χ3n) is 9.43. The van der Waals surface area contributed by atoms with Gasteiger partial charge in [0.2, 0.25) is 0 Å². The number of fused-ring (bicyclic) bond motifs is 9. The maximum absolute atomic E-state index is 6.52. The molecule has 8 aromatic carbocycles. The molecule has 3 heteroatoms. The van der Waals surface area contributed by atoms with Crippen LogP contribution in [-0.4, -0.2) is 0 Å². The summed E-state index contributed by atoms with van der Waals surface area (Å²) in [4.78, 5) is 2.35. The lowest BCUT2D eigenvalue weighted by Crippen LogP contribution is -2.09. The highest BCUT2D eigenvalue weighted by Gasteiger charge is 2.18. The van der Waals surface area contributed by atoms with Gasteiger partial charge in [0.05, 0.1) is 0 Å². The Morgan fingerprint density at radius 3 is 1.89 bits per heavy atom. The molecule has 0 aliphatic heterocycles. The standard InChI is InChI=1S/C44H27NOS/c1-2-9-31-25-32(14-13-28(31)7-1)29-15-18-33(19-16-29)45(35-20-22-38-37-11-5-6-12-42(37)47-43(38)27-35)34-21-23-39-41(26-34)46-40-24-17-30-8-3-4-10-36(30)44(39)40/h1-27H. The van der Waals surface area contributed by atoms with Crippen LogP contribution in [0.1, 0.15) is 0 Å². The highest BCUT2D eigenvalue weighted by atomic mass is 32.1. The third-order valence-corrected chi connectivity index (χ3v) is 10.6. The first kappa shape index (κ1) is 26.3. The Kier molecular flexibility index (Phi) is 5.78. The van der Waals surface area contributed by atoms with Crippen molar-refractivity contribution in [3.8, 4) is 11.1 Å². The molecule has 2 aromatic heterocycles. The van der Waals surface area contributed by atoms with Crippen molar-refractivity contribution in [2.45, 2.75) is 0 Å². The normalized spacial score (nSPS) is 11.8. The van der Waals surface area contributed by atoms with Crippen LogP contribution < -0.4 is 4.90 Å². The molecule has 0 N–H and O–H groups in total. The van der Waals surface area contributed by atoms with Gasteiger partial charge in [0.25, 0.3) is 0 Å². The van der Waals surface area contributed by atoms with E-state index in [1.807, 2.05) is 11.3 Å². The molecule has 0 atom stereocenters. The molecule has 10 rings (SSSR count). The molecule has 0 aliphatic rings. The smallest absolute Gasteiger partial charge is 0.137 e. The monoisotopic (exact) mass is 617 g/mol. The Hall–Kier alpha value is -5.90. The van der Waals surface area contributed by atoms with E-state index in [-0.39, 0.29) is 0 Å². The second-order valence-electron chi connectivity index (χ2n) is 12.2. The lowest BCUT2D eigenvalue weighted by Gasteiger charge is -2.26. The van der Waals surface area contributed by atoms with Gasteiger partial charge in [-0.05, 0) is 87.3 Å². The second-order valence-corrected chi connectivity index (χ2v) is 13.2. The number of benzene rings is 8. The van der Waals surface area contributed by atoms with Gasteiger partial charge in [-0.3, -0.25) is 0 Å². The molecule has 0 saturated heterocycles. The molecule has 10 aromatic rings. The molecule has 0 saturated carbocycles. The van der Waals surface area contributed by atoms with E-state index < -0.39 is 0 Å². The number of thiophene rings is 1. The predicted molar refractivity (Wildman–Crippen MR) is 202 cm³/mol. The quantitative estimate of drug-likeness (QED) is 0.195. The Morgan fingerprint density at radius 2 is 1.02 bits per heavy atom. The molecule has 0 radical (unpaired) electrons. The third kappa shape index (κ3) is 4.25. The minimum atomic E-state index is 0.884. The van der Waals surface area contributed by atoms with E-state index in [2.05, 4.69) is 169 Å². The van der Waals surface area contributed by atoms with Crippen LogP contribution >= 0.6 is 11.3 Å². The van der Waals surface area contributed by atoms with Crippen LogP contribution in [0.2, 0.25) is 0 Å². The summed E-state index contributed by atoms with van der Waals surface area (Å²) < 4.78 is 9.10. The highest BCUT2D eigenvalue weighted by molar-refractivity contribution is 7.25. The van der Waals surface area contributed by atoms with E-state index in [1.165, 1.54) is 58.2 Å². The lowest BCUT2D eigenvalue weighted by atomic mass is 10.0. The van der Waals surface area contributed by atoms with Crippen molar-refractivity contribution in [1.82, 2.24) is 0 Å². The van der Waals surface area contributed by atoms with Gasteiger partial charge in [-0.15, -0.1) is 11.3 Å². The molecule has 220 valence electrons. The summed E-state index contributed by atoms with van der Waals surface area (Å²) in [7, 11) is 0. The summed E-state index contributed by atoms with van der Waals surface area (Å²) >= 11 is 1.85. The average molecular weight is 618 g/mol. The molecule has 0 aliphatic carbocycles. The van der Waals surface area contributed by atoms with E-state index in [0.29, 0.717) is 0 Å². The van der Waals surface area contributed by atoms with Gasteiger partial charge >= 0.3 is 0 Å². The first-order valence-electron chi connectivity index (χ1n) is 15.9. The minimum Gasteiger partial charge on any atom is -0.456 e. The maximum atomic E-state index is 6.52. The molecule has 0 fully saturated rings. The first-order chi connectivity index (χ1) is 23.3. The van der Waals surface area contributed by atoms with Crippen molar-refractivity contribution in [2.75, 3.05) is 4.90 Å². The van der Waals surface area contributed by atoms with Gasteiger partial charge in [0.1, 0.15) is 11.2 Å². The van der Waals surface area contributed by atoms with Gasteiger partial charge in [-0.25, -0.2) is 0 Å². The zero-order chi connectivity index (χ0) is 30.9. The number of hydrogen-bond donors (Lipinski definition) is 0. The van der Waals surface area contributed by atoms with Crippen molar-refractivity contribution in [3.63, 3.8) is 0 Å². The van der Waals surface area contributed by atoms with E-state index in [9.17, 15) is 0 Å². The first-order valence-corrected chi connectivity index (χ1v) is 16.7. The fraction of sp³-hybridized carbons (Fsp3) is 0. The fourth-order valence-electron chi connectivity index (χ4n) is 7.15. The summed E-state index contributed by atoms with van der Waals surface area (Å²) in [5, 5.41) is 9.84. The molecule has 47 heavy (non-hydrogen) atoms. The van der Waals surface area contributed by atoms with Crippen molar-refractivity contribution in [3.05, 3.63) is 164 Å². The fourth-order valence-corrected chi connectivity index (χ4v) is 8.29. The lowest BCUT2D eigenvalue weighted by molar-refractivity contribution is 0.669. The van der Waals surface area contributed by atoms with Crippen LogP contribution in [0, 0.1) is 0 Å². The molecule has 0 unspecified atom stereocenters. The van der Waals surface area contributed by atoms with Crippen LogP contribution in [0.5, 0.6) is 0 Å². The van der Waals surface area contributed by atoms with Crippen LogP contribution in [0.3, 0.4) is 0 Å². The number of hydrogen-bond acceptors (Lipinski definition) is 3. The molecular formula is C44H27NOS. The summed E-state index contributed by atoms with van der Waals surface area (Å²) in [6.07, 6.45) is 0. The van der Waals surface area contributed by atoms with Crippen LogP contribution in [0.15, 0.2) is 168 Å². The van der Waals surface area contributed by atoms with E-state index in [0.717, 1.165) is 33.6 Å². The van der Waals surface area contributed by atoms with Gasteiger partial charge in [0, 0.05) is 54.1 Å². The van der Waals surface area contributed by atoms with Gasteiger partial charge in [-0.2, -0.15) is 0 Å². The SMILES string of the molecule is c1ccc2cc(-c3ccc(N(c4ccc5c(c4)oc4ccc6ccccc6c45)c4ccc5c(c4)sc4ccccc45)cc3)ccc2c1. The zero-order valence-electron chi connectivity index (χ0n) is 25.4. The molecular weight excluding hydrogens is 591 g/mol. The average Bonchev–Trinajstić information content (AvgIpc) is 3.70. The highest BCUT2D eigenvalue weighted by Crippen LogP contribution is 2.43. The van der Waals surface area contributed by atoms with E-state index >= 15 is 0 Å². The zero-order valence-corrected chi connectivity index (χ0v) is 26.2. The molecule has 2 nitrogen and oxygen atoms in total. The van der Waals surface area contributed by atoms with E-state index in [4.69, 9.17) is 4.42 Å². The molecule has 2 heterocycles. The Balaban J connectivity index is 1.14. The summed E-state index contributed by atoms with van der Waals surface area (Å²) in [5.41, 5.74) is 7.46.